The summed E-state index contributed by atoms with van der Waals surface area (Å²) in [5.74, 6) is -0.378. The lowest BCUT2D eigenvalue weighted by Crippen LogP contribution is -2.57. The Kier molecular flexibility index (Phi) is 3.07. The topological polar surface area (TPSA) is 58.4 Å². The van der Waals surface area contributed by atoms with Crippen molar-refractivity contribution in [1.29, 1.82) is 0 Å². The van der Waals surface area contributed by atoms with E-state index >= 15 is 0 Å². The summed E-state index contributed by atoms with van der Waals surface area (Å²) in [7, 11) is 0. The monoisotopic (exact) mass is 233 g/mol. The molecule has 0 saturated carbocycles. The van der Waals surface area contributed by atoms with E-state index in [9.17, 15) is 4.79 Å². The van der Waals surface area contributed by atoms with Crippen LogP contribution >= 0.6 is 0 Å². The van der Waals surface area contributed by atoms with Crippen LogP contribution in [0, 0.1) is 0 Å². The van der Waals surface area contributed by atoms with Crippen LogP contribution < -0.4 is 16.0 Å². The normalized spacial score (nSPS) is 19.1. The second kappa shape index (κ2) is 4.37. The number of rotatable bonds is 2. The molecule has 1 amide bonds. The Balaban J connectivity index is 2.14. The van der Waals surface area contributed by atoms with Gasteiger partial charge < -0.3 is 16.0 Å². The second-order valence-corrected chi connectivity index (χ2v) is 5.14. The summed E-state index contributed by atoms with van der Waals surface area (Å²) in [6, 6.07) is 7.49. The van der Waals surface area contributed by atoms with Crippen molar-refractivity contribution >= 4 is 11.6 Å². The Morgan fingerprint density at radius 1 is 1.35 bits per heavy atom. The number of primary amides is 1. The van der Waals surface area contributed by atoms with Gasteiger partial charge in [0.15, 0.2) is 0 Å². The third-order valence-corrected chi connectivity index (χ3v) is 3.09. The van der Waals surface area contributed by atoms with Gasteiger partial charge >= 0.3 is 0 Å². The smallest absolute Gasteiger partial charge is 0.248 e. The standard InChI is InChI=1S/C13H19N3O/c1-13(2)9-16(8-7-15-13)11-5-3-10(4-6-11)12(14)17/h3-6,15H,7-9H2,1-2H3,(H2,14,17). The minimum Gasteiger partial charge on any atom is -0.368 e. The first-order valence-electron chi connectivity index (χ1n) is 5.88. The molecule has 1 fully saturated rings. The van der Waals surface area contributed by atoms with Gasteiger partial charge in [0.05, 0.1) is 0 Å². The van der Waals surface area contributed by atoms with Crippen LogP contribution in [0.4, 0.5) is 5.69 Å². The molecule has 4 nitrogen and oxygen atoms in total. The molecule has 0 aromatic heterocycles. The van der Waals surface area contributed by atoms with Crippen LogP contribution in [0.3, 0.4) is 0 Å². The number of anilines is 1. The molecule has 0 spiro atoms. The van der Waals surface area contributed by atoms with Gasteiger partial charge in [0.2, 0.25) is 5.91 Å². The first-order chi connectivity index (χ1) is 7.98. The van der Waals surface area contributed by atoms with Crippen LogP contribution in [-0.2, 0) is 0 Å². The maximum atomic E-state index is 11.0. The van der Waals surface area contributed by atoms with E-state index in [1.165, 1.54) is 0 Å². The number of hydrogen-bond donors (Lipinski definition) is 2. The van der Waals surface area contributed by atoms with Gasteiger partial charge in [-0.25, -0.2) is 0 Å². The van der Waals surface area contributed by atoms with E-state index in [-0.39, 0.29) is 11.4 Å². The maximum absolute atomic E-state index is 11.0. The summed E-state index contributed by atoms with van der Waals surface area (Å²) in [5, 5.41) is 3.47. The molecule has 3 N–H and O–H groups in total. The minimum absolute atomic E-state index is 0.126. The molecule has 1 heterocycles. The molecule has 0 atom stereocenters. The third kappa shape index (κ3) is 2.77. The molecule has 1 aromatic carbocycles. The number of piperazine rings is 1. The summed E-state index contributed by atoms with van der Waals surface area (Å²) in [5.41, 5.74) is 7.05. The molecule has 1 aliphatic heterocycles. The van der Waals surface area contributed by atoms with Crippen molar-refractivity contribution < 1.29 is 4.79 Å². The molecule has 0 unspecified atom stereocenters. The summed E-state index contributed by atoms with van der Waals surface area (Å²) >= 11 is 0. The predicted molar refractivity (Wildman–Crippen MR) is 69.3 cm³/mol. The number of hydrogen-bond acceptors (Lipinski definition) is 3. The molecule has 17 heavy (non-hydrogen) atoms. The first-order valence-corrected chi connectivity index (χ1v) is 5.88. The van der Waals surface area contributed by atoms with Crippen molar-refractivity contribution in [3.63, 3.8) is 0 Å². The zero-order valence-electron chi connectivity index (χ0n) is 10.4. The molecule has 2 rings (SSSR count). The number of carbonyl (C=O) groups is 1. The van der Waals surface area contributed by atoms with Gasteiger partial charge in [-0.3, -0.25) is 4.79 Å². The van der Waals surface area contributed by atoms with Gasteiger partial charge in [-0.1, -0.05) is 0 Å². The van der Waals surface area contributed by atoms with Gasteiger partial charge in [-0.15, -0.1) is 0 Å². The minimum atomic E-state index is -0.378. The number of amides is 1. The molecule has 0 aliphatic carbocycles. The van der Waals surface area contributed by atoms with Crippen LogP contribution in [0.5, 0.6) is 0 Å². The third-order valence-electron chi connectivity index (χ3n) is 3.09. The van der Waals surface area contributed by atoms with Crippen molar-refractivity contribution in [2.75, 3.05) is 24.5 Å². The van der Waals surface area contributed by atoms with E-state index in [1.807, 2.05) is 12.1 Å². The molecule has 92 valence electrons. The van der Waals surface area contributed by atoms with Crippen LogP contribution in [0.1, 0.15) is 24.2 Å². The van der Waals surface area contributed by atoms with E-state index in [2.05, 4.69) is 24.1 Å². The highest BCUT2D eigenvalue weighted by atomic mass is 16.1. The molecule has 0 bridgehead atoms. The van der Waals surface area contributed by atoms with Crippen molar-refractivity contribution in [3.05, 3.63) is 29.8 Å². The van der Waals surface area contributed by atoms with E-state index in [0.717, 1.165) is 25.3 Å². The molecule has 1 saturated heterocycles. The van der Waals surface area contributed by atoms with E-state index in [1.54, 1.807) is 12.1 Å². The van der Waals surface area contributed by atoms with Gasteiger partial charge in [0.1, 0.15) is 0 Å². The van der Waals surface area contributed by atoms with Gasteiger partial charge in [-0.05, 0) is 38.1 Å². The number of nitrogens with one attached hydrogen (secondary N) is 1. The quantitative estimate of drug-likeness (QED) is 0.800. The summed E-state index contributed by atoms with van der Waals surface area (Å²) in [6.45, 7) is 7.31. The first kappa shape index (κ1) is 11.9. The zero-order chi connectivity index (χ0) is 12.5. The van der Waals surface area contributed by atoms with Gasteiger partial charge in [0, 0.05) is 36.4 Å². The van der Waals surface area contributed by atoms with Crippen molar-refractivity contribution in [2.45, 2.75) is 19.4 Å². The Morgan fingerprint density at radius 3 is 2.53 bits per heavy atom. The number of benzene rings is 1. The zero-order valence-corrected chi connectivity index (χ0v) is 10.4. The fourth-order valence-corrected chi connectivity index (χ4v) is 2.20. The Labute approximate surface area is 102 Å². The van der Waals surface area contributed by atoms with E-state index < -0.39 is 0 Å². The summed E-state index contributed by atoms with van der Waals surface area (Å²) in [4.78, 5) is 13.3. The van der Waals surface area contributed by atoms with Crippen molar-refractivity contribution in [3.8, 4) is 0 Å². The Bertz CT molecular complexity index is 411. The fraction of sp³-hybridized carbons (Fsp3) is 0.462. The average molecular weight is 233 g/mol. The highest BCUT2D eigenvalue weighted by Crippen LogP contribution is 2.20. The van der Waals surface area contributed by atoms with Gasteiger partial charge in [-0.2, -0.15) is 0 Å². The van der Waals surface area contributed by atoms with E-state index in [0.29, 0.717) is 5.56 Å². The SMILES string of the molecule is CC1(C)CN(c2ccc(C(N)=O)cc2)CCN1. The molecular weight excluding hydrogens is 214 g/mol. The number of carbonyl (C=O) groups excluding carboxylic acids is 1. The summed E-state index contributed by atoms with van der Waals surface area (Å²) < 4.78 is 0. The number of nitrogens with two attached hydrogens (primary N) is 1. The lowest BCUT2D eigenvalue weighted by atomic mass is 10.0. The average Bonchev–Trinajstić information content (AvgIpc) is 2.28. The van der Waals surface area contributed by atoms with Gasteiger partial charge in [0.25, 0.3) is 0 Å². The molecular formula is C13H19N3O. The molecule has 4 heteroatoms. The van der Waals surface area contributed by atoms with Crippen LogP contribution in [0.15, 0.2) is 24.3 Å². The molecule has 0 radical (unpaired) electrons. The number of nitrogens with zero attached hydrogens (tertiary/aromatic N) is 1. The second-order valence-electron chi connectivity index (χ2n) is 5.14. The van der Waals surface area contributed by atoms with Crippen LogP contribution in [0.25, 0.3) is 0 Å². The fourth-order valence-electron chi connectivity index (χ4n) is 2.20. The lowest BCUT2D eigenvalue weighted by molar-refractivity contribution is 0.100. The largest absolute Gasteiger partial charge is 0.368 e. The lowest BCUT2D eigenvalue weighted by Gasteiger charge is -2.40. The highest BCUT2D eigenvalue weighted by Gasteiger charge is 2.25. The Morgan fingerprint density at radius 2 is 2.00 bits per heavy atom. The Hall–Kier alpha value is -1.55. The van der Waals surface area contributed by atoms with Crippen LogP contribution in [-0.4, -0.2) is 31.1 Å². The molecule has 1 aliphatic rings. The van der Waals surface area contributed by atoms with Crippen molar-refractivity contribution in [2.24, 2.45) is 5.73 Å². The predicted octanol–water partition coefficient (Wildman–Crippen LogP) is 0.974. The molecule has 1 aromatic rings. The van der Waals surface area contributed by atoms with Crippen molar-refractivity contribution in [1.82, 2.24) is 5.32 Å². The van der Waals surface area contributed by atoms with Crippen LogP contribution in [0.2, 0.25) is 0 Å². The van der Waals surface area contributed by atoms with E-state index in [4.69, 9.17) is 5.73 Å². The highest BCUT2D eigenvalue weighted by molar-refractivity contribution is 5.93. The summed E-state index contributed by atoms with van der Waals surface area (Å²) in [6.07, 6.45) is 0. The maximum Gasteiger partial charge on any atom is 0.248 e.